The Morgan fingerprint density at radius 3 is 2.48 bits per heavy atom. The fourth-order valence-corrected chi connectivity index (χ4v) is 2.77. The van der Waals surface area contributed by atoms with Crippen LogP contribution in [0.4, 0.5) is 0 Å². The highest BCUT2D eigenvalue weighted by atomic mass is 35.5. The number of halogens is 1. The zero-order chi connectivity index (χ0) is 15.2. The average Bonchev–Trinajstić information content (AvgIpc) is 2.89. The van der Waals surface area contributed by atoms with Crippen LogP contribution in [0.1, 0.15) is 58.3 Å². The largest absolute Gasteiger partial charge is 0.341 e. The molecule has 0 amide bonds. The van der Waals surface area contributed by atoms with Crippen molar-refractivity contribution in [1.29, 1.82) is 0 Å². The van der Waals surface area contributed by atoms with E-state index in [1.54, 1.807) is 0 Å². The number of imidazole rings is 1. The number of nitrogens with zero attached hydrogens (tertiary/aromatic N) is 2. The second-order valence-corrected chi connectivity index (χ2v) is 6.14. The van der Waals surface area contributed by atoms with E-state index in [0.29, 0.717) is 6.04 Å². The first-order valence-electron chi connectivity index (χ1n) is 8.05. The van der Waals surface area contributed by atoms with Crippen molar-refractivity contribution >= 4 is 22.6 Å². The van der Waals surface area contributed by atoms with E-state index in [1.165, 1.54) is 25.7 Å². The lowest BCUT2D eigenvalue weighted by Crippen LogP contribution is -2.29. The Morgan fingerprint density at radius 2 is 1.86 bits per heavy atom. The summed E-state index contributed by atoms with van der Waals surface area (Å²) in [5, 5.41) is 0.749. The molecule has 0 aliphatic carbocycles. The predicted molar refractivity (Wildman–Crippen MR) is 90.9 cm³/mol. The van der Waals surface area contributed by atoms with E-state index >= 15 is 0 Å². The van der Waals surface area contributed by atoms with Crippen LogP contribution >= 0.6 is 11.6 Å². The minimum atomic E-state index is 0.314. The van der Waals surface area contributed by atoms with Gasteiger partial charge in [-0.05, 0) is 51.1 Å². The van der Waals surface area contributed by atoms with Gasteiger partial charge in [0.05, 0.1) is 17.1 Å². The second-order valence-electron chi connectivity index (χ2n) is 5.70. The van der Waals surface area contributed by atoms with Gasteiger partial charge in [0.2, 0.25) is 0 Å². The van der Waals surface area contributed by atoms with Crippen molar-refractivity contribution in [2.75, 3.05) is 13.1 Å². The summed E-state index contributed by atoms with van der Waals surface area (Å²) in [6.45, 7) is 8.99. The molecule has 0 saturated carbocycles. The zero-order valence-electron chi connectivity index (χ0n) is 13.3. The van der Waals surface area contributed by atoms with E-state index in [1.807, 2.05) is 18.2 Å². The zero-order valence-corrected chi connectivity index (χ0v) is 14.1. The summed E-state index contributed by atoms with van der Waals surface area (Å²) in [7, 11) is 0. The molecule has 0 aliphatic heterocycles. The van der Waals surface area contributed by atoms with Crippen molar-refractivity contribution in [2.45, 2.75) is 52.5 Å². The van der Waals surface area contributed by atoms with Crippen molar-refractivity contribution in [2.24, 2.45) is 0 Å². The Balaban J connectivity index is 2.17. The summed E-state index contributed by atoms with van der Waals surface area (Å²) < 4.78 is 0. The molecule has 0 saturated heterocycles. The van der Waals surface area contributed by atoms with Gasteiger partial charge in [0, 0.05) is 5.02 Å². The smallest absolute Gasteiger partial charge is 0.124 e. The van der Waals surface area contributed by atoms with Crippen molar-refractivity contribution in [3.05, 3.63) is 29.0 Å². The van der Waals surface area contributed by atoms with E-state index in [-0.39, 0.29) is 0 Å². The van der Waals surface area contributed by atoms with Crippen molar-refractivity contribution in [3.63, 3.8) is 0 Å². The molecule has 0 fully saturated rings. The lowest BCUT2D eigenvalue weighted by molar-refractivity contribution is 0.198. The summed E-state index contributed by atoms with van der Waals surface area (Å²) in [5.74, 6) is 1.04. The molecule has 1 atom stereocenters. The molecule has 0 spiro atoms. The number of nitrogens with one attached hydrogen (secondary N) is 1. The highest BCUT2D eigenvalue weighted by Gasteiger charge is 2.18. The molecule has 2 rings (SSSR count). The van der Waals surface area contributed by atoms with Crippen LogP contribution in [0.3, 0.4) is 0 Å². The van der Waals surface area contributed by atoms with E-state index in [2.05, 4.69) is 30.7 Å². The summed E-state index contributed by atoms with van der Waals surface area (Å²) in [6.07, 6.45) is 4.93. The average molecular weight is 308 g/mol. The summed E-state index contributed by atoms with van der Waals surface area (Å²) in [5.41, 5.74) is 2.02. The van der Waals surface area contributed by atoms with Crippen LogP contribution in [0.2, 0.25) is 5.02 Å². The molecule has 2 aromatic rings. The molecule has 116 valence electrons. The first kappa shape index (κ1) is 16.3. The van der Waals surface area contributed by atoms with Crippen molar-refractivity contribution in [1.82, 2.24) is 14.9 Å². The number of hydrogen-bond donors (Lipinski definition) is 1. The third kappa shape index (κ3) is 4.21. The van der Waals surface area contributed by atoms with Gasteiger partial charge in [-0.15, -0.1) is 0 Å². The van der Waals surface area contributed by atoms with E-state index < -0.39 is 0 Å². The van der Waals surface area contributed by atoms with Gasteiger partial charge in [0.15, 0.2) is 0 Å². The lowest BCUT2D eigenvalue weighted by atomic mass is 10.2. The topological polar surface area (TPSA) is 31.9 Å². The molecule has 4 heteroatoms. The highest BCUT2D eigenvalue weighted by Crippen LogP contribution is 2.23. The van der Waals surface area contributed by atoms with Crippen molar-refractivity contribution < 1.29 is 0 Å². The molecule has 1 aromatic heterocycles. The molecule has 0 radical (unpaired) electrons. The molecule has 0 aliphatic rings. The maximum Gasteiger partial charge on any atom is 0.124 e. The van der Waals surface area contributed by atoms with Crippen LogP contribution in [0, 0.1) is 0 Å². The van der Waals surface area contributed by atoms with E-state index in [4.69, 9.17) is 16.6 Å². The van der Waals surface area contributed by atoms with Gasteiger partial charge < -0.3 is 4.98 Å². The fraction of sp³-hybridized carbons (Fsp3) is 0.588. The Hall–Kier alpha value is -1.06. The van der Waals surface area contributed by atoms with Gasteiger partial charge in [-0.3, -0.25) is 4.90 Å². The molecule has 1 aromatic carbocycles. The molecule has 1 N–H and O–H groups in total. The number of unbranched alkanes of at least 4 members (excludes halogenated alkanes) is 2. The van der Waals surface area contributed by atoms with Gasteiger partial charge in [-0.2, -0.15) is 0 Å². The normalized spacial score (nSPS) is 13.2. The Labute approximate surface area is 132 Å². The molecular weight excluding hydrogens is 282 g/mol. The molecule has 0 bridgehead atoms. The molecular formula is C17H26ClN3. The number of aromatic nitrogens is 2. The Bertz CT molecular complexity index is 556. The standard InChI is InChI=1S/C17H26ClN3/c1-4-6-10-21(11-7-5-2)13(3)17-19-15-9-8-14(18)12-16(15)20-17/h8-9,12-13H,4-7,10-11H2,1-3H3,(H,19,20). The summed E-state index contributed by atoms with van der Waals surface area (Å²) >= 11 is 6.05. The number of rotatable bonds is 8. The van der Waals surface area contributed by atoms with E-state index in [9.17, 15) is 0 Å². The minimum Gasteiger partial charge on any atom is -0.341 e. The number of aromatic amines is 1. The quantitative estimate of drug-likeness (QED) is 0.728. The van der Waals surface area contributed by atoms with Gasteiger partial charge in [0.1, 0.15) is 5.82 Å². The lowest BCUT2D eigenvalue weighted by Gasteiger charge is -2.27. The number of H-pyrrole nitrogens is 1. The first-order chi connectivity index (χ1) is 10.2. The first-order valence-corrected chi connectivity index (χ1v) is 8.42. The number of fused-ring (bicyclic) bond motifs is 1. The number of benzene rings is 1. The molecule has 1 heterocycles. The number of hydrogen-bond acceptors (Lipinski definition) is 2. The minimum absolute atomic E-state index is 0.314. The van der Waals surface area contributed by atoms with Crippen LogP contribution in [0.25, 0.3) is 11.0 Å². The van der Waals surface area contributed by atoms with Crippen LogP contribution in [-0.2, 0) is 0 Å². The van der Waals surface area contributed by atoms with Crippen molar-refractivity contribution in [3.8, 4) is 0 Å². The third-order valence-electron chi connectivity index (χ3n) is 4.00. The summed E-state index contributed by atoms with van der Waals surface area (Å²) in [6, 6.07) is 6.13. The third-order valence-corrected chi connectivity index (χ3v) is 4.24. The van der Waals surface area contributed by atoms with Crippen LogP contribution in [0.15, 0.2) is 18.2 Å². The van der Waals surface area contributed by atoms with E-state index in [0.717, 1.165) is 35.0 Å². The second kappa shape index (κ2) is 7.81. The van der Waals surface area contributed by atoms with Gasteiger partial charge in [-0.1, -0.05) is 38.3 Å². The Kier molecular flexibility index (Phi) is 6.07. The predicted octanol–water partition coefficient (Wildman–Crippen LogP) is 5.18. The molecule has 3 nitrogen and oxygen atoms in total. The van der Waals surface area contributed by atoms with Gasteiger partial charge >= 0.3 is 0 Å². The SMILES string of the molecule is CCCCN(CCCC)C(C)c1nc2ccc(Cl)cc2[nH]1. The van der Waals surface area contributed by atoms with Gasteiger partial charge in [-0.25, -0.2) is 4.98 Å². The van der Waals surface area contributed by atoms with Crippen LogP contribution in [0.5, 0.6) is 0 Å². The summed E-state index contributed by atoms with van der Waals surface area (Å²) in [4.78, 5) is 10.7. The van der Waals surface area contributed by atoms with Crippen LogP contribution in [-0.4, -0.2) is 28.0 Å². The Morgan fingerprint density at radius 1 is 1.19 bits per heavy atom. The fourth-order valence-electron chi connectivity index (χ4n) is 2.59. The molecule has 21 heavy (non-hydrogen) atoms. The monoisotopic (exact) mass is 307 g/mol. The molecule has 1 unspecified atom stereocenters. The highest BCUT2D eigenvalue weighted by molar-refractivity contribution is 6.31. The van der Waals surface area contributed by atoms with Gasteiger partial charge in [0.25, 0.3) is 0 Å². The maximum atomic E-state index is 6.05. The maximum absolute atomic E-state index is 6.05. The van der Waals surface area contributed by atoms with Crippen LogP contribution < -0.4 is 0 Å².